The van der Waals surface area contributed by atoms with Crippen LogP contribution in [0.3, 0.4) is 0 Å². The molecule has 1 saturated carbocycles. The van der Waals surface area contributed by atoms with E-state index in [9.17, 15) is 13.2 Å². The van der Waals surface area contributed by atoms with Crippen molar-refractivity contribution in [2.45, 2.75) is 69.7 Å². The van der Waals surface area contributed by atoms with Crippen LogP contribution in [-0.4, -0.2) is 38.4 Å². The predicted octanol–water partition coefficient (Wildman–Crippen LogP) is 3.27. The van der Waals surface area contributed by atoms with Crippen LogP contribution in [0, 0.1) is 0 Å². The fourth-order valence-corrected chi connectivity index (χ4v) is 4.43. The molecule has 0 radical (unpaired) electrons. The van der Waals surface area contributed by atoms with Crippen LogP contribution in [0.2, 0.25) is 0 Å². The first-order valence-electron chi connectivity index (χ1n) is 9.18. The third kappa shape index (κ3) is 5.54. The van der Waals surface area contributed by atoms with Gasteiger partial charge in [0, 0.05) is 26.1 Å². The second-order valence-corrected chi connectivity index (χ2v) is 8.89. The summed E-state index contributed by atoms with van der Waals surface area (Å²) in [6.07, 6.45) is 5.54. The molecule has 25 heavy (non-hydrogen) atoms. The van der Waals surface area contributed by atoms with E-state index in [1.807, 2.05) is 17.0 Å². The summed E-state index contributed by atoms with van der Waals surface area (Å²) in [7, 11) is -3.54. The summed E-state index contributed by atoms with van der Waals surface area (Å²) in [6, 6.07) is 7.23. The number of hydrogen-bond donors (Lipinski definition) is 1. The third-order valence-corrected chi connectivity index (χ3v) is 6.40. The highest BCUT2D eigenvalue weighted by Crippen LogP contribution is 2.22. The highest BCUT2D eigenvalue weighted by atomic mass is 32.2. The summed E-state index contributed by atoms with van der Waals surface area (Å²) in [5, 5.41) is 0. The van der Waals surface area contributed by atoms with E-state index in [2.05, 4.69) is 18.6 Å². The molecule has 1 aromatic carbocycles. The maximum Gasteiger partial charge on any atom is 0.240 e. The van der Waals surface area contributed by atoms with Crippen molar-refractivity contribution in [3.8, 4) is 0 Å². The van der Waals surface area contributed by atoms with Crippen molar-refractivity contribution in [3.63, 3.8) is 0 Å². The standard InChI is InChI=1S/C19H30N2O3S/c1-15(2)17-9-11-19(12-10-17)25(23,24)20-13-14-21(16(3)22)18-7-5-4-6-8-18/h9-12,15,18,20H,4-8,13-14H2,1-3H3. The summed E-state index contributed by atoms with van der Waals surface area (Å²) in [4.78, 5) is 14.0. The fourth-order valence-electron chi connectivity index (χ4n) is 3.41. The largest absolute Gasteiger partial charge is 0.339 e. The Morgan fingerprint density at radius 3 is 2.28 bits per heavy atom. The number of carbonyl (C=O) groups excluding carboxylic acids is 1. The molecule has 1 amide bonds. The number of sulfonamides is 1. The second-order valence-electron chi connectivity index (χ2n) is 7.13. The molecule has 0 unspecified atom stereocenters. The van der Waals surface area contributed by atoms with E-state index in [1.165, 1.54) is 6.42 Å². The quantitative estimate of drug-likeness (QED) is 0.805. The number of nitrogens with one attached hydrogen (secondary N) is 1. The van der Waals surface area contributed by atoms with Gasteiger partial charge in [-0.05, 0) is 36.5 Å². The Morgan fingerprint density at radius 2 is 1.76 bits per heavy atom. The Morgan fingerprint density at radius 1 is 1.16 bits per heavy atom. The van der Waals surface area contributed by atoms with Gasteiger partial charge in [0.2, 0.25) is 15.9 Å². The molecular formula is C19H30N2O3S. The SMILES string of the molecule is CC(=O)N(CCNS(=O)(=O)c1ccc(C(C)C)cc1)C1CCCCC1. The Kier molecular flexibility index (Phi) is 7.02. The van der Waals surface area contributed by atoms with Crippen LogP contribution in [-0.2, 0) is 14.8 Å². The van der Waals surface area contributed by atoms with Crippen LogP contribution >= 0.6 is 0 Å². The predicted molar refractivity (Wildman–Crippen MR) is 100.0 cm³/mol. The zero-order chi connectivity index (χ0) is 18.4. The van der Waals surface area contributed by atoms with Crippen LogP contribution in [0.25, 0.3) is 0 Å². The van der Waals surface area contributed by atoms with Crippen LogP contribution < -0.4 is 4.72 Å². The number of nitrogens with zero attached hydrogens (tertiary/aromatic N) is 1. The molecule has 5 nitrogen and oxygen atoms in total. The van der Waals surface area contributed by atoms with Crippen molar-refractivity contribution in [1.29, 1.82) is 0 Å². The lowest BCUT2D eigenvalue weighted by molar-refractivity contribution is -0.131. The van der Waals surface area contributed by atoms with E-state index in [-0.39, 0.29) is 23.4 Å². The minimum absolute atomic E-state index is 0.0207. The lowest BCUT2D eigenvalue weighted by Crippen LogP contribution is -2.44. The first-order valence-corrected chi connectivity index (χ1v) is 10.7. The smallest absolute Gasteiger partial charge is 0.240 e. The monoisotopic (exact) mass is 366 g/mol. The molecule has 0 saturated heterocycles. The normalized spacial score (nSPS) is 16.2. The lowest BCUT2D eigenvalue weighted by Gasteiger charge is -2.33. The van der Waals surface area contributed by atoms with Crippen LogP contribution in [0.15, 0.2) is 29.2 Å². The van der Waals surface area contributed by atoms with Gasteiger partial charge in [0.25, 0.3) is 0 Å². The van der Waals surface area contributed by atoms with Crippen molar-refractivity contribution in [1.82, 2.24) is 9.62 Å². The Labute approximate surface area is 151 Å². The zero-order valence-electron chi connectivity index (χ0n) is 15.5. The molecule has 0 aromatic heterocycles. The summed E-state index contributed by atoms with van der Waals surface area (Å²) in [5.41, 5.74) is 1.11. The first-order chi connectivity index (χ1) is 11.8. The van der Waals surface area contributed by atoms with E-state index in [1.54, 1.807) is 19.1 Å². The number of benzene rings is 1. The van der Waals surface area contributed by atoms with Gasteiger partial charge < -0.3 is 4.90 Å². The van der Waals surface area contributed by atoms with E-state index in [0.717, 1.165) is 31.2 Å². The van der Waals surface area contributed by atoms with Gasteiger partial charge in [0.05, 0.1) is 4.90 Å². The van der Waals surface area contributed by atoms with Gasteiger partial charge in [-0.1, -0.05) is 45.2 Å². The van der Waals surface area contributed by atoms with E-state index in [4.69, 9.17) is 0 Å². The van der Waals surface area contributed by atoms with E-state index in [0.29, 0.717) is 12.5 Å². The van der Waals surface area contributed by atoms with E-state index < -0.39 is 10.0 Å². The van der Waals surface area contributed by atoms with Crippen molar-refractivity contribution < 1.29 is 13.2 Å². The Bertz CT molecular complexity index is 662. The molecule has 0 atom stereocenters. The molecule has 0 heterocycles. The first kappa shape index (κ1) is 19.9. The molecule has 1 N–H and O–H groups in total. The second kappa shape index (κ2) is 8.81. The minimum Gasteiger partial charge on any atom is -0.339 e. The third-order valence-electron chi connectivity index (χ3n) is 4.92. The summed E-state index contributed by atoms with van der Waals surface area (Å²) in [5.74, 6) is 0.386. The van der Waals surface area contributed by atoms with Crippen LogP contribution in [0.4, 0.5) is 0 Å². The number of hydrogen-bond acceptors (Lipinski definition) is 3. The van der Waals surface area contributed by atoms with Gasteiger partial charge in [-0.2, -0.15) is 0 Å². The highest BCUT2D eigenvalue weighted by Gasteiger charge is 2.23. The van der Waals surface area contributed by atoms with Crippen LogP contribution in [0.1, 0.15) is 64.4 Å². The fraction of sp³-hybridized carbons (Fsp3) is 0.632. The molecule has 2 rings (SSSR count). The number of amides is 1. The molecule has 0 bridgehead atoms. The van der Waals surface area contributed by atoms with Crippen molar-refractivity contribution in [2.75, 3.05) is 13.1 Å². The van der Waals surface area contributed by atoms with Gasteiger partial charge in [0.1, 0.15) is 0 Å². The molecule has 1 aromatic rings. The Balaban J connectivity index is 1.94. The molecule has 0 spiro atoms. The molecule has 140 valence electrons. The maximum atomic E-state index is 12.4. The molecule has 1 fully saturated rings. The van der Waals surface area contributed by atoms with Crippen molar-refractivity contribution >= 4 is 15.9 Å². The van der Waals surface area contributed by atoms with E-state index >= 15 is 0 Å². The van der Waals surface area contributed by atoms with Gasteiger partial charge >= 0.3 is 0 Å². The average Bonchev–Trinajstić information content (AvgIpc) is 2.59. The van der Waals surface area contributed by atoms with Gasteiger partial charge in [-0.3, -0.25) is 4.79 Å². The lowest BCUT2D eigenvalue weighted by atomic mass is 9.94. The summed E-state index contributed by atoms with van der Waals surface area (Å²) >= 11 is 0. The van der Waals surface area contributed by atoms with Crippen molar-refractivity contribution in [2.24, 2.45) is 0 Å². The van der Waals surface area contributed by atoms with Crippen molar-refractivity contribution in [3.05, 3.63) is 29.8 Å². The zero-order valence-corrected chi connectivity index (χ0v) is 16.3. The number of rotatable bonds is 7. The number of carbonyl (C=O) groups is 1. The maximum absolute atomic E-state index is 12.4. The highest BCUT2D eigenvalue weighted by molar-refractivity contribution is 7.89. The molecule has 0 aliphatic heterocycles. The van der Waals surface area contributed by atoms with Gasteiger partial charge in [-0.25, -0.2) is 13.1 Å². The van der Waals surface area contributed by atoms with Crippen LogP contribution in [0.5, 0.6) is 0 Å². The molecule has 6 heteroatoms. The van der Waals surface area contributed by atoms with Gasteiger partial charge in [0.15, 0.2) is 0 Å². The summed E-state index contributed by atoms with van der Waals surface area (Å²) < 4.78 is 27.5. The molecule has 1 aliphatic carbocycles. The Hall–Kier alpha value is -1.40. The molecular weight excluding hydrogens is 336 g/mol. The minimum atomic E-state index is -3.54. The van der Waals surface area contributed by atoms with Gasteiger partial charge in [-0.15, -0.1) is 0 Å². The topological polar surface area (TPSA) is 66.5 Å². The summed E-state index contributed by atoms with van der Waals surface area (Å²) in [6.45, 7) is 6.37. The molecule has 1 aliphatic rings. The average molecular weight is 367 g/mol.